The number of aliphatic carboxylic acids is 1. The van der Waals surface area contributed by atoms with Crippen LogP contribution in [0.25, 0.3) is 0 Å². The molecule has 2 aromatic rings. The molecule has 0 radical (unpaired) electrons. The van der Waals surface area contributed by atoms with Crippen LogP contribution in [-0.2, 0) is 16.8 Å². The van der Waals surface area contributed by atoms with E-state index in [1.54, 1.807) is 22.9 Å². The molecule has 1 amide bonds. The van der Waals surface area contributed by atoms with Gasteiger partial charge in [-0.15, -0.1) is 0 Å². The van der Waals surface area contributed by atoms with Gasteiger partial charge in [-0.1, -0.05) is 24.3 Å². The molecule has 0 bridgehead atoms. The molecule has 0 saturated heterocycles. The SMILES string of the molecule is Cc1cc(C(=O)N2CCc3ccccc3[C@H]2C(=O)O)nn1C(C)(C)C. The van der Waals surface area contributed by atoms with E-state index in [2.05, 4.69) is 5.10 Å². The van der Waals surface area contributed by atoms with E-state index in [0.29, 0.717) is 18.5 Å². The number of carboxylic acids is 1. The van der Waals surface area contributed by atoms with Crippen molar-refractivity contribution >= 4 is 11.9 Å². The Kier molecular flexibility index (Phi) is 4.14. The van der Waals surface area contributed by atoms with Crippen LogP contribution >= 0.6 is 0 Å². The van der Waals surface area contributed by atoms with Crippen molar-refractivity contribution in [3.8, 4) is 0 Å². The van der Waals surface area contributed by atoms with Crippen LogP contribution in [0.1, 0.15) is 54.1 Å². The highest BCUT2D eigenvalue weighted by molar-refractivity contribution is 5.95. The number of amides is 1. The molecule has 0 spiro atoms. The van der Waals surface area contributed by atoms with Gasteiger partial charge in [-0.3, -0.25) is 9.48 Å². The van der Waals surface area contributed by atoms with Crippen LogP contribution < -0.4 is 0 Å². The molecule has 3 rings (SSSR count). The molecular weight excluding hydrogens is 318 g/mol. The van der Waals surface area contributed by atoms with Crippen LogP contribution in [0.2, 0.25) is 0 Å². The molecule has 1 aromatic heterocycles. The number of hydrogen-bond acceptors (Lipinski definition) is 3. The van der Waals surface area contributed by atoms with Crippen molar-refractivity contribution in [1.82, 2.24) is 14.7 Å². The van der Waals surface area contributed by atoms with Crippen LogP contribution in [0.3, 0.4) is 0 Å². The van der Waals surface area contributed by atoms with Gasteiger partial charge in [0, 0.05) is 12.2 Å². The van der Waals surface area contributed by atoms with Crippen molar-refractivity contribution in [3.63, 3.8) is 0 Å². The summed E-state index contributed by atoms with van der Waals surface area (Å²) in [6.45, 7) is 8.30. The zero-order valence-electron chi connectivity index (χ0n) is 15.0. The lowest BCUT2D eigenvalue weighted by molar-refractivity contribution is -0.143. The summed E-state index contributed by atoms with van der Waals surface area (Å²) >= 11 is 0. The number of aryl methyl sites for hydroxylation is 1. The van der Waals surface area contributed by atoms with Crippen molar-refractivity contribution in [2.24, 2.45) is 0 Å². The number of benzene rings is 1. The Bertz CT molecular complexity index is 833. The number of carbonyl (C=O) groups is 2. The fourth-order valence-corrected chi connectivity index (χ4v) is 3.46. The van der Waals surface area contributed by atoms with E-state index >= 15 is 0 Å². The Labute approximate surface area is 147 Å². The standard InChI is InChI=1S/C19H23N3O3/c1-12-11-15(20-22(12)19(2,3)4)17(23)21-10-9-13-7-5-6-8-14(13)16(21)18(24)25/h5-8,11,16H,9-10H2,1-4H3,(H,24,25)/t16-/m0/s1. The highest BCUT2D eigenvalue weighted by Gasteiger charge is 2.37. The number of rotatable bonds is 2. The third kappa shape index (κ3) is 3.04. The summed E-state index contributed by atoms with van der Waals surface area (Å²) in [5, 5.41) is 14.2. The van der Waals surface area contributed by atoms with Crippen LogP contribution in [0.4, 0.5) is 0 Å². The molecule has 1 atom stereocenters. The lowest BCUT2D eigenvalue weighted by Crippen LogP contribution is -2.43. The van der Waals surface area contributed by atoms with Gasteiger partial charge in [-0.2, -0.15) is 5.10 Å². The van der Waals surface area contributed by atoms with Crippen LogP contribution in [-0.4, -0.2) is 38.2 Å². The highest BCUT2D eigenvalue weighted by atomic mass is 16.4. The van der Waals surface area contributed by atoms with Gasteiger partial charge in [0.15, 0.2) is 11.7 Å². The number of fused-ring (bicyclic) bond motifs is 1. The largest absolute Gasteiger partial charge is 0.479 e. The van der Waals surface area contributed by atoms with Gasteiger partial charge >= 0.3 is 5.97 Å². The summed E-state index contributed by atoms with van der Waals surface area (Å²) in [4.78, 5) is 26.3. The van der Waals surface area contributed by atoms with E-state index in [-0.39, 0.29) is 17.1 Å². The summed E-state index contributed by atoms with van der Waals surface area (Å²) in [5.74, 6) is -1.36. The van der Waals surface area contributed by atoms with E-state index in [1.807, 2.05) is 39.8 Å². The molecule has 2 heterocycles. The van der Waals surface area contributed by atoms with Gasteiger partial charge in [-0.25, -0.2) is 4.79 Å². The van der Waals surface area contributed by atoms with Crippen molar-refractivity contribution in [3.05, 3.63) is 52.8 Å². The van der Waals surface area contributed by atoms with Crippen molar-refractivity contribution < 1.29 is 14.7 Å². The fourth-order valence-electron chi connectivity index (χ4n) is 3.46. The molecule has 0 aliphatic carbocycles. The van der Waals surface area contributed by atoms with Gasteiger partial charge in [0.25, 0.3) is 5.91 Å². The maximum Gasteiger partial charge on any atom is 0.331 e. The quantitative estimate of drug-likeness (QED) is 0.911. The maximum absolute atomic E-state index is 13.0. The molecule has 6 heteroatoms. The maximum atomic E-state index is 13.0. The van der Waals surface area contributed by atoms with E-state index in [0.717, 1.165) is 11.3 Å². The summed E-state index contributed by atoms with van der Waals surface area (Å²) < 4.78 is 1.80. The Morgan fingerprint density at radius 3 is 2.52 bits per heavy atom. The molecule has 0 unspecified atom stereocenters. The van der Waals surface area contributed by atoms with E-state index in [9.17, 15) is 14.7 Å². The van der Waals surface area contributed by atoms with Crippen LogP contribution in [0, 0.1) is 6.92 Å². The summed E-state index contributed by atoms with van der Waals surface area (Å²) in [6.07, 6.45) is 0.644. The van der Waals surface area contributed by atoms with E-state index in [1.165, 1.54) is 4.90 Å². The second kappa shape index (κ2) is 6.02. The van der Waals surface area contributed by atoms with E-state index in [4.69, 9.17) is 0 Å². The number of hydrogen-bond donors (Lipinski definition) is 1. The molecule has 25 heavy (non-hydrogen) atoms. The van der Waals surface area contributed by atoms with Crippen molar-refractivity contribution in [2.45, 2.75) is 45.7 Å². The average molecular weight is 341 g/mol. The third-order valence-electron chi connectivity index (χ3n) is 4.52. The Morgan fingerprint density at radius 1 is 1.24 bits per heavy atom. The monoisotopic (exact) mass is 341 g/mol. The summed E-state index contributed by atoms with van der Waals surface area (Å²) in [7, 11) is 0. The molecule has 1 N–H and O–H groups in total. The van der Waals surface area contributed by atoms with Gasteiger partial charge in [-0.05, 0) is 51.3 Å². The molecule has 0 saturated carbocycles. The lowest BCUT2D eigenvalue weighted by atomic mass is 9.92. The topological polar surface area (TPSA) is 75.4 Å². The van der Waals surface area contributed by atoms with Gasteiger partial charge < -0.3 is 10.0 Å². The normalized spacial score (nSPS) is 17.3. The first kappa shape index (κ1) is 17.2. The minimum absolute atomic E-state index is 0.247. The molecule has 0 fully saturated rings. The second-order valence-corrected chi connectivity index (χ2v) is 7.44. The number of carbonyl (C=O) groups excluding carboxylic acids is 1. The van der Waals surface area contributed by atoms with Crippen LogP contribution in [0.15, 0.2) is 30.3 Å². The first-order valence-electron chi connectivity index (χ1n) is 8.39. The molecule has 1 aliphatic heterocycles. The second-order valence-electron chi connectivity index (χ2n) is 7.44. The summed E-state index contributed by atoms with van der Waals surface area (Å²) in [6, 6.07) is 8.16. The average Bonchev–Trinajstić information content (AvgIpc) is 2.95. The van der Waals surface area contributed by atoms with Gasteiger partial charge in [0.2, 0.25) is 0 Å². The number of nitrogens with zero attached hydrogens (tertiary/aromatic N) is 3. The molecule has 6 nitrogen and oxygen atoms in total. The van der Waals surface area contributed by atoms with Crippen LogP contribution in [0.5, 0.6) is 0 Å². The van der Waals surface area contributed by atoms with Gasteiger partial charge in [0.05, 0.1) is 5.54 Å². The highest BCUT2D eigenvalue weighted by Crippen LogP contribution is 2.31. The predicted octanol–water partition coefficient (Wildman–Crippen LogP) is 2.77. The zero-order chi connectivity index (χ0) is 18.4. The smallest absolute Gasteiger partial charge is 0.331 e. The summed E-state index contributed by atoms with van der Waals surface area (Å²) in [5.41, 5.74) is 2.58. The van der Waals surface area contributed by atoms with Gasteiger partial charge in [0.1, 0.15) is 0 Å². The van der Waals surface area contributed by atoms with Crippen molar-refractivity contribution in [2.75, 3.05) is 6.54 Å². The Balaban J connectivity index is 1.99. The number of carboxylic acid groups (broad SMARTS) is 1. The van der Waals surface area contributed by atoms with Crippen molar-refractivity contribution in [1.29, 1.82) is 0 Å². The minimum atomic E-state index is -1.02. The predicted molar refractivity (Wildman–Crippen MR) is 93.5 cm³/mol. The molecule has 1 aliphatic rings. The molecule has 132 valence electrons. The fraction of sp³-hybridized carbons (Fsp3) is 0.421. The molecule has 1 aromatic carbocycles. The zero-order valence-corrected chi connectivity index (χ0v) is 15.0. The number of aromatic nitrogens is 2. The molecular formula is C19H23N3O3. The first-order valence-corrected chi connectivity index (χ1v) is 8.39. The lowest BCUT2D eigenvalue weighted by Gasteiger charge is -2.34. The first-order chi connectivity index (χ1) is 11.7. The Morgan fingerprint density at radius 2 is 1.92 bits per heavy atom. The third-order valence-corrected chi connectivity index (χ3v) is 4.52. The van der Waals surface area contributed by atoms with E-state index < -0.39 is 12.0 Å². The minimum Gasteiger partial charge on any atom is -0.479 e. The Hall–Kier alpha value is -2.63.